The zero-order chi connectivity index (χ0) is 13.8. The number of carbonyl (C=O) groups excluding carboxylic acids is 1. The number of aromatic nitrogens is 2. The highest BCUT2D eigenvalue weighted by molar-refractivity contribution is 7.99. The van der Waals surface area contributed by atoms with Gasteiger partial charge in [0.2, 0.25) is 0 Å². The van der Waals surface area contributed by atoms with E-state index in [-0.39, 0.29) is 11.2 Å². The van der Waals surface area contributed by atoms with Crippen molar-refractivity contribution in [2.45, 2.75) is 23.8 Å². The number of thioether (sulfide) groups is 1. The highest BCUT2D eigenvalue weighted by Crippen LogP contribution is 2.26. The third-order valence-electron chi connectivity index (χ3n) is 2.66. The van der Waals surface area contributed by atoms with Crippen molar-refractivity contribution in [3.05, 3.63) is 18.2 Å². The van der Waals surface area contributed by atoms with E-state index in [1.165, 1.54) is 18.9 Å². The Labute approximate surface area is 115 Å². The molecule has 1 heterocycles. The number of benzene rings is 1. The molecule has 6 heteroatoms. The van der Waals surface area contributed by atoms with Crippen LogP contribution in [-0.4, -0.2) is 35.4 Å². The lowest BCUT2D eigenvalue weighted by Crippen LogP contribution is -2.08. The molecule has 0 saturated carbocycles. The molecule has 0 spiro atoms. The van der Waals surface area contributed by atoms with Crippen molar-refractivity contribution in [2.24, 2.45) is 0 Å². The summed E-state index contributed by atoms with van der Waals surface area (Å²) in [7, 11) is 3.03. The summed E-state index contributed by atoms with van der Waals surface area (Å²) in [5.74, 6) is 0.577. The van der Waals surface area contributed by atoms with Crippen LogP contribution < -0.4 is 4.74 Å². The van der Waals surface area contributed by atoms with Gasteiger partial charge in [0.15, 0.2) is 5.16 Å². The summed E-state index contributed by atoms with van der Waals surface area (Å²) in [6.07, 6.45) is 0.363. The van der Waals surface area contributed by atoms with Crippen LogP contribution in [0.5, 0.6) is 5.75 Å². The van der Waals surface area contributed by atoms with E-state index >= 15 is 0 Å². The summed E-state index contributed by atoms with van der Waals surface area (Å²) < 4.78 is 9.81. The minimum absolute atomic E-state index is 0.106. The van der Waals surface area contributed by atoms with Gasteiger partial charge in [0.05, 0.1) is 31.7 Å². The van der Waals surface area contributed by atoms with Gasteiger partial charge in [-0.15, -0.1) is 0 Å². The number of methoxy groups -OCH3 is 2. The maximum absolute atomic E-state index is 11.2. The van der Waals surface area contributed by atoms with Crippen LogP contribution in [0.1, 0.15) is 13.3 Å². The minimum atomic E-state index is -0.210. The van der Waals surface area contributed by atoms with Crippen LogP contribution in [0.2, 0.25) is 0 Å². The van der Waals surface area contributed by atoms with Crippen molar-refractivity contribution in [1.82, 2.24) is 9.97 Å². The van der Waals surface area contributed by atoms with E-state index < -0.39 is 0 Å². The second kappa shape index (κ2) is 5.97. The molecule has 0 aliphatic heterocycles. The normalized spacial score (nSPS) is 12.4. The Morgan fingerprint density at radius 2 is 2.26 bits per heavy atom. The summed E-state index contributed by atoms with van der Waals surface area (Å²) in [6.45, 7) is 1.97. The molecule has 102 valence electrons. The lowest BCUT2D eigenvalue weighted by atomic mass is 10.3. The van der Waals surface area contributed by atoms with Crippen LogP contribution >= 0.6 is 11.8 Å². The molecule has 1 atom stereocenters. The first-order valence-corrected chi connectivity index (χ1v) is 6.77. The van der Waals surface area contributed by atoms with E-state index in [1.807, 2.05) is 25.1 Å². The van der Waals surface area contributed by atoms with Gasteiger partial charge in [0.1, 0.15) is 5.75 Å². The van der Waals surface area contributed by atoms with E-state index in [9.17, 15) is 4.79 Å². The van der Waals surface area contributed by atoms with Crippen LogP contribution in [0.3, 0.4) is 0 Å². The summed E-state index contributed by atoms with van der Waals surface area (Å²) in [6, 6.07) is 5.67. The molecule has 0 aliphatic rings. The van der Waals surface area contributed by atoms with Crippen molar-refractivity contribution >= 4 is 28.8 Å². The van der Waals surface area contributed by atoms with E-state index in [1.54, 1.807) is 7.11 Å². The van der Waals surface area contributed by atoms with Gasteiger partial charge in [-0.05, 0) is 12.1 Å². The number of fused-ring (bicyclic) bond motifs is 1. The lowest BCUT2D eigenvalue weighted by molar-refractivity contribution is -0.140. The molecule has 0 radical (unpaired) electrons. The molecule has 1 aromatic carbocycles. The molecule has 0 amide bonds. The zero-order valence-corrected chi connectivity index (χ0v) is 11.9. The topological polar surface area (TPSA) is 64.2 Å². The fourth-order valence-corrected chi connectivity index (χ4v) is 2.62. The van der Waals surface area contributed by atoms with Gasteiger partial charge >= 0.3 is 5.97 Å². The summed E-state index contributed by atoms with van der Waals surface area (Å²) in [5.41, 5.74) is 1.81. The van der Waals surface area contributed by atoms with Gasteiger partial charge in [-0.2, -0.15) is 0 Å². The number of rotatable bonds is 5. The number of aromatic amines is 1. The monoisotopic (exact) mass is 280 g/mol. The Kier molecular flexibility index (Phi) is 4.31. The lowest BCUT2D eigenvalue weighted by Gasteiger charge is -2.06. The molecule has 0 fully saturated rings. The van der Waals surface area contributed by atoms with Crippen LogP contribution in [0, 0.1) is 0 Å². The molecule has 2 aromatic rings. The Hall–Kier alpha value is -1.69. The average Bonchev–Trinajstić information content (AvgIpc) is 2.78. The zero-order valence-electron chi connectivity index (χ0n) is 11.1. The summed E-state index contributed by atoms with van der Waals surface area (Å²) >= 11 is 1.52. The molecule has 1 unspecified atom stereocenters. The number of hydrogen-bond acceptors (Lipinski definition) is 5. The highest BCUT2D eigenvalue weighted by Gasteiger charge is 2.13. The molecule has 1 aromatic heterocycles. The second-order valence-corrected chi connectivity index (χ2v) is 5.56. The maximum Gasteiger partial charge on any atom is 0.306 e. The Bertz CT molecular complexity index is 582. The van der Waals surface area contributed by atoms with Crippen molar-refractivity contribution in [3.8, 4) is 5.75 Å². The first kappa shape index (κ1) is 13.7. The molecule has 1 N–H and O–H groups in total. The van der Waals surface area contributed by atoms with Crippen molar-refractivity contribution in [2.75, 3.05) is 14.2 Å². The molecule has 5 nitrogen and oxygen atoms in total. The number of nitrogens with zero attached hydrogens (tertiary/aromatic N) is 1. The predicted molar refractivity (Wildman–Crippen MR) is 74.6 cm³/mol. The SMILES string of the molecule is COC(=O)CC(C)Sc1nc2ccc(OC)cc2[nH]1. The minimum Gasteiger partial charge on any atom is -0.497 e. The van der Waals surface area contributed by atoms with Gasteiger partial charge in [-0.1, -0.05) is 18.7 Å². The average molecular weight is 280 g/mol. The molecular formula is C13H16N2O3S. The quantitative estimate of drug-likeness (QED) is 0.673. The molecular weight excluding hydrogens is 264 g/mol. The highest BCUT2D eigenvalue weighted by atomic mass is 32.2. The van der Waals surface area contributed by atoms with E-state index in [0.29, 0.717) is 6.42 Å². The number of hydrogen-bond donors (Lipinski definition) is 1. The van der Waals surface area contributed by atoms with E-state index in [0.717, 1.165) is 21.9 Å². The molecule has 0 saturated heterocycles. The maximum atomic E-state index is 11.2. The number of ether oxygens (including phenoxy) is 2. The van der Waals surface area contributed by atoms with Gasteiger partial charge in [0.25, 0.3) is 0 Å². The van der Waals surface area contributed by atoms with Gasteiger partial charge < -0.3 is 14.5 Å². The molecule has 0 bridgehead atoms. The van der Waals surface area contributed by atoms with Crippen LogP contribution in [0.15, 0.2) is 23.4 Å². The fraction of sp³-hybridized carbons (Fsp3) is 0.385. The van der Waals surface area contributed by atoms with Gasteiger partial charge in [-0.3, -0.25) is 4.79 Å². The van der Waals surface area contributed by atoms with Gasteiger partial charge in [-0.25, -0.2) is 4.98 Å². The largest absolute Gasteiger partial charge is 0.497 e. The first-order valence-electron chi connectivity index (χ1n) is 5.89. The molecule has 19 heavy (non-hydrogen) atoms. The summed E-state index contributed by atoms with van der Waals surface area (Å²) in [4.78, 5) is 18.9. The molecule has 2 rings (SSSR count). The van der Waals surface area contributed by atoms with Crippen LogP contribution in [0.25, 0.3) is 11.0 Å². The number of imidazole rings is 1. The molecule has 0 aliphatic carbocycles. The third-order valence-corrected chi connectivity index (χ3v) is 3.65. The van der Waals surface area contributed by atoms with E-state index in [2.05, 4.69) is 14.7 Å². The number of H-pyrrole nitrogens is 1. The number of esters is 1. The Balaban J connectivity index is 2.10. The van der Waals surface area contributed by atoms with Gasteiger partial charge in [0, 0.05) is 11.3 Å². The van der Waals surface area contributed by atoms with Crippen molar-refractivity contribution in [3.63, 3.8) is 0 Å². The fourth-order valence-electron chi connectivity index (χ4n) is 1.70. The standard InChI is InChI=1S/C13H16N2O3S/c1-8(6-12(16)18-3)19-13-14-10-5-4-9(17-2)7-11(10)15-13/h4-5,7-8H,6H2,1-3H3,(H,14,15). The second-order valence-electron chi connectivity index (χ2n) is 4.13. The first-order chi connectivity index (χ1) is 9.12. The van der Waals surface area contributed by atoms with Crippen LogP contribution in [0.4, 0.5) is 0 Å². The Morgan fingerprint density at radius 3 is 2.95 bits per heavy atom. The summed E-state index contributed by atoms with van der Waals surface area (Å²) in [5, 5.41) is 0.898. The third kappa shape index (κ3) is 3.41. The number of nitrogens with one attached hydrogen (secondary N) is 1. The van der Waals surface area contributed by atoms with E-state index in [4.69, 9.17) is 4.74 Å². The van der Waals surface area contributed by atoms with Crippen molar-refractivity contribution in [1.29, 1.82) is 0 Å². The smallest absolute Gasteiger partial charge is 0.306 e. The number of carbonyl (C=O) groups is 1. The predicted octanol–water partition coefficient (Wildman–Crippen LogP) is 2.62. The van der Waals surface area contributed by atoms with Crippen molar-refractivity contribution < 1.29 is 14.3 Å². The Morgan fingerprint density at radius 1 is 1.47 bits per heavy atom. The van der Waals surface area contributed by atoms with Crippen LogP contribution in [-0.2, 0) is 9.53 Å².